The molecule has 0 nitrogen and oxygen atoms in total. The topological polar surface area (TPSA) is 0 Å². The van der Waals surface area contributed by atoms with Gasteiger partial charge in [0.2, 0.25) is 0 Å². The van der Waals surface area contributed by atoms with Crippen molar-refractivity contribution >= 4 is 11.8 Å². The molecule has 0 bridgehead atoms. The van der Waals surface area contributed by atoms with Crippen LogP contribution in [0.4, 0.5) is 0 Å². The summed E-state index contributed by atoms with van der Waals surface area (Å²) in [6.07, 6.45) is 7.80. The number of rotatable bonds is 5. The van der Waals surface area contributed by atoms with Gasteiger partial charge in [-0.2, -0.15) is 0 Å². The summed E-state index contributed by atoms with van der Waals surface area (Å²) < 4.78 is 0. The van der Waals surface area contributed by atoms with Crippen LogP contribution < -0.4 is 0 Å². The van der Waals surface area contributed by atoms with Crippen LogP contribution in [0.2, 0.25) is 0 Å². The van der Waals surface area contributed by atoms with E-state index >= 15 is 0 Å². The Bertz CT molecular complexity index is 199. The lowest BCUT2D eigenvalue weighted by Gasteiger charge is -2.02. The molecule has 0 aromatic rings. The lowest BCUT2D eigenvalue weighted by molar-refractivity contribution is 1.52. The molecule has 0 rings (SSSR count). The molecule has 0 aromatic heterocycles. The summed E-state index contributed by atoms with van der Waals surface area (Å²) in [7, 11) is 0. The Labute approximate surface area is 79.8 Å². The second-order valence-corrected chi connectivity index (χ2v) is 3.47. The maximum Gasteiger partial charge on any atom is 0.0141 e. The zero-order valence-corrected chi connectivity index (χ0v) is 8.66. The second-order valence-electron chi connectivity index (χ2n) is 2.16. The van der Waals surface area contributed by atoms with Crippen LogP contribution in [-0.2, 0) is 0 Å². The Morgan fingerprint density at radius 2 is 1.92 bits per heavy atom. The zero-order valence-electron chi connectivity index (χ0n) is 7.84. The molecule has 0 aliphatic heterocycles. The van der Waals surface area contributed by atoms with Gasteiger partial charge in [-0.1, -0.05) is 44.4 Å². The van der Waals surface area contributed by atoms with Crippen molar-refractivity contribution in [2.45, 2.75) is 13.8 Å². The number of hydrogen-bond acceptors (Lipinski definition) is 1. The van der Waals surface area contributed by atoms with Crippen LogP contribution in [0.5, 0.6) is 0 Å². The normalized spacial score (nSPS) is 9.83. The summed E-state index contributed by atoms with van der Waals surface area (Å²) in [4.78, 5) is 1.24. The predicted molar refractivity (Wildman–Crippen MR) is 60.4 cm³/mol. The highest BCUT2D eigenvalue weighted by atomic mass is 32.2. The van der Waals surface area contributed by atoms with Gasteiger partial charge >= 0.3 is 0 Å². The molecule has 12 heavy (non-hydrogen) atoms. The van der Waals surface area contributed by atoms with Gasteiger partial charge in [0, 0.05) is 4.91 Å². The fourth-order valence-corrected chi connectivity index (χ4v) is 1.70. The number of thioether (sulfide) groups is 1. The van der Waals surface area contributed by atoms with E-state index < -0.39 is 0 Å². The third-order valence-electron chi connectivity index (χ3n) is 1.34. The summed E-state index contributed by atoms with van der Waals surface area (Å²) in [6.45, 7) is 11.6. The highest BCUT2D eigenvalue weighted by Gasteiger charge is 1.95. The average molecular weight is 180 g/mol. The van der Waals surface area contributed by atoms with E-state index in [1.54, 1.807) is 0 Å². The highest BCUT2D eigenvalue weighted by molar-refractivity contribution is 8.03. The Balaban J connectivity index is 4.73. The van der Waals surface area contributed by atoms with Crippen molar-refractivity contribution in [3.8, 4) is 0 Å². The van der Waals surface area contributed by atoms with Gasteiger partial charge in [-0.15, -0.1) is 11.8 Å². The fourth-order valence-electron chi connectivity index (χ4n) is 0.819. The molecule has 0 fully saturated rings. The molecule has 0 spiro atoms. The Morgan fingerprint density at radius 3 is 2.25 bits per heavy atom. The molecule has 1 heteroatoms. The maximum atomic E-state index is 3.74. The standard InChI is InChI=1S/C11H16S/c1-5-9-11(12-8-4)10(6-2)7-3/h5-7,9H,2-3,8H2,1,4H3/b9-5-. The molecule has 0 saturated carbocycles. The van der Waals surface area contributed by atoms with Crippen LogP contribution in [0, 0.1) is 0 Å². The number of hydrogen-bond donors (Lipinski definition) is 0. The van der Waals surface area contributed by atoms with Crippen LogP contribution in [-0.4, -0.2) is 5.75 Å². The summed E-state index contributed by atoms with van der Waals surface area (Å²) in [5, 5.41) is 0. The quantitative estimate of drug-likeness (QED) is 0.577. The first-order chi connectivity index (χ1) is 5.79. The van der Waals surface area contributed by atoms with Gasteiger partial charge in [-0.3, -0.25) is 0 Å². The molecule has 0 aliphatic carbocycles. The van der Waals surface area contributed by atoms with E-state index in [2.05, 4.69) is 26.2 Å². The first-order valence-corrected chi connectivity index (χ1v) is 5.03. The minimum atomic E-state index is 1.07. The van der Waals surface area contributed by atoms with Gasteiger partial charge in [0.25, 0.3) is 0 Å². The Kier molecular flexibility index (Phi) is 6.58. The second kappa shape index (κ2) is 6.99. The minimum Gasteiger partial charge on any atom is -0.126 e. The van der Waals surface area contributed by atoms with E-state index in [1.165, 1.54) is 4.91 Å². The van der Waals surface area contributed by atoms with E-state index in [0.717, 1.165) is 11.3 Å². The zero-order chi connectivity index (χ0) is 9.40. The third-order valence-corrected chi connectivity index (χ3v) is 2.31. The maximum absolute atomic E-state index is 3.74. The third kappa shape index (κ3) is 3.63. The molecule has 0 aliphatic rings. The first kappa shape index (κ1) is 11.3. The van der Waals surface area contributed by atoms with Crippen molar-refractivity contribution in [1.29, 1.82) is 0 Å². The van der Waals surface area contributed by atoms with Crippen molar-refractivity contribution in [2.24, 2.45) is 0 Å². The van der Waals surface area contributed by atoms with Crippen molar-refractivity contribution < 1.29 is 0 Å². The molecular formula is C11H16S. The molecule has 0 N–H and O–H groups in total. The Morgan fingerprint density at radius 1 is 1.33 bits per heavy atom. The average Bonchev–Trinajstić information content (AvgIpc) is 2.07. The van der Waals surface area contributed by atoms with Crippen LogP contribution in [0.1, 0.15) is 13.8 Å². The van der Waals surface area contributed by atoms with E-state index in [4.69, 9.17) is 0 Å². The van der Waals surface area contributed by atoms with Crippen LogP contribution in [0.15, 0.2) is 47.9 Å². The molecule has 0 heterocycles. The van der Waals surface area contributed by atoms with Gasteiger partial charge < -0.3 is 0 Å². The lowest BCUT2D eigenvalue weighted by atomic mass is 10.2. The monoisotopic (exact) mass is 180 g/mol. The molecular weight excluding hydrogens is 164 g/mol. The molecule has 0 radical (unpaired) electrons. The van der Waals surface area contributed by atoms with E-state index in [-0.39, 0.29) is 0 Å². The van der Waals surface area contributed by atoms with Crippen LogP contribution >= 0.6 is 11.8 Å². The molecule has 0 unspecified atom stereocenters. The van der Waals surface area contributed by atoms with Gasteiger partial charge in [0.1, 0.15) is 0 Å². The van der Waals surface area contributed by atoms with Crippen molar-refractivity contribution in [3.05, 3.63) is 47.9 Å². The SMILES string of the molecule is C=CC(C=C)=C(/C=C\C)SCC. The smallest absolute Gasteiger partial charge is 0.0141 e. The molecule has 0 aromatic carbocycles. The lowest BCUT2D eigenvalue weighted by Crippen LogP contribution is -1.79. The van der Waals surface area contributed by atoms with E-state index in [0.29, 0.717) is 0 Å². The predicted octanol–water partition coefficient (Wildman–Crippen LogP) is 3.94. The largest absolute Gasteiger partial charge is 0.126 e. The summed E-state index contributed by atoms with van der Waals surface area (Å²) >= 11 is 1.81. The highest BCUT2D eigenvalue weighted by Crippen LogP contribution is 2.22. The summed E-state index contributed by atoms with van der Waals surface area (Å²) in [5.41, 5.74) is 1.11. The molecule has 0 atom stereocenters. The summed E-state index contributed by atoms with van der Waals surface area (Å²) in [6, 6.07) is 0. The van der Waals surface area contributed by atoms with Gasteiger partial charge in [-0.25, -0.2) is 0 Å². The molecule has 66 valence electrons. The number of allylic oxidation sites excluding steroid dienone is 5. The van der Waals surface area contributed by atoms with Crippen LogP contribution in [0.3, 0.4) is 0 Å². The van der Waals surface area contributed by atoms with Gasteiger partial charge in [0.15, 0.2) is 0 Å². The first-order valence-electron chi connectivity index (χ1n) is 4.04. The van der Waals surface area contributed by atoms with E-state index in [9.17, 15) is 0 Å². The van der Waals surface area contributed by atoms with Crippen molar-refractivity contribution in [2.75, 3.05) is 5.75 Å². The van der Waals surface area contributed by atoms with E-state index in [1.807, 2.05) is 36.9 Å². The Hall–Kier alpha value is -0.690. The van der Waals surface area contributed by atoms with Crippen molar-refractivity contribution in [3.63, 3.8) is 0 Å². The van der Waals surface area contributed by atoms with Gasteiger partial charge in [0.05, 0.1) is 0 Å². The van der Waals surface area contributed by atoms with Crippen LogP contribution in [0.25, 0.3) is 0 Å². The molecule has 0 amide bonds. The summed E-state index contributed by atoms with van der Waals surface area (Å²) in [5.74, 6) is 1.07. The molecule has 0 saturated heterocycles. The fraction of sp³-hybridized carbons (Fsp3) is 0.273. The van der Waals surface area contributed by atoms with Crippen molar-refractivity contribution in [1.82, 2.24) is 0 Å². The minimum absolute atomic E-state index is 1.07. The van der Waals surface area contributed by atoms with Gasteiger partial charge in [-0.05, 0) is 18.2 Å².